The van der Waals surface area contributed by atoms with Gasteiger partial charge in [0.25, 0.3) is 0 Å². The molecule has 0 spiro atoms. The molecule has 164 valence electrons. The molecular formula is C16H30N2O10. The molecule has 0 aromatic heterocycles. The Morgan fingerprint density at radius 2 is 1.64 bits per heavy atom. The van der Waals surface area contributed by atoms with E-state index < -0.39 is 80.4 Å². The highest BCUT2D eigenvalue weighted by atomic mass is 16.7. The lowest BCUT2D eigenvalue weighted by molar-refractivity contribution is -0.325. The van der Waals surface area contributed by atoms with Gasteiger partial charge in [0, 0.05) is 14.0 Å². The molecule has 12 heteroatoms. The Balaban J connectivity index is 2.26. The van der Waals surface area contributed by atoms with E-state index in [1.807, 2.05) is 0 Å². The van der Waals surface area contributed by atoms with E-state index in [2.05, 4.69) is 10.6 Å². The van der Waals surface area contributed by atoms with Gasteiger partial charge in [0.15, 0.2) is 6.29 Å². The number of carbonyl (C=O) groups is 1. The molecule has 0 aromatic carbocycles. The molecule has 12 nitrogen and oxygen atoms in total. The molecule has 0 saturated carbocycles. The number of likely N-dealkylation sites (N-methyl/N-ethyl adjacent to an activating group) is 1. The van der Waals surface area contributed by atoms with Crippen molar-refractivity contribution < 1.29 is 49.3 Å². The third kappa shape index (κ3) is 4.79. The molecule has 2 aliphatic rings. The van der Waals surface area contributed by atoms with Crippen LogP contribution in [0.1, 0.15) is 6.92 Å². The summed E-state index contributed by atoms with van der Waals surface area (Å²) in [5.41, 5.74) is 0. The van der Waals surface area contributed by atoms with Gasteiger partial charge in [0.1, 0.15) is 55.0 Å². The summed E-state index contributed by atoms with van der Waals surface area (Å²) in [6, 6.07) is -0.994. The number of hydrogen-bond acceptors (Lipinski definition) is 11. The van der Waals surface area contributed by atoms with Crippen molar-refractivity contribution in [2.75, 3.05) is 27.4 Å². The quantitative estimate of drug-likeness (QED) is 0.215. The van der Waals surface area contributed by atoms with E-state index in [4.69, 9.17) is 18.9 Å². The smallest absolute Gasteiger partial charge is 0.217 e. The van der Waals surface area contributed by atoms with E-state index in [1.54, 1.807) is 0 Å². The van der Waals surface area contributed by atoms with Gasteiger partial charge in [-0.1, -0.05) is 0 Å². The number of nitrogens with one attached hydrogen (secondary N) is 2. The Bertz CT molecular complexity index is 510. The summed E-state index contributed by atoms with van der Waals surface area (Å²) in [5.74, 6) is -0.451. The van der Waals surface area contributed by atoms with Crippen LogP contribution >= 0.6 is 0 Å². The minimum atomic E-state index is -1.45. The van der Waals surface area contributed by atoms with Gasteiger partial charge in [-0.05, 0) is 7.05 Å². The van der Waals surface area contributed by atoms with E-state index in [9.17, 15) is 30.3 Å². The fraction of sp³-hybridized carbons (Fsp3) is 0.938. The molecule has 2 rings (SSSR count). The van der Waals surface area contributed by atoms with Crippen LogP contribution in [0.4, 0.5) is 0 Å². The van der Waals surface area contributed by atoms with Crippen LogP contribution in [-0.4, -0.2) is 120 Å². The number of aliphatic hydroxyl groups is 5. The predicted octanol–water partition coefficient (Wildman–Crippen LogP) is -4.37. The maximum atomic E-state index is 11.6. The summed E-state index contributed by atoms with van der Waals surface area (Å²) in [4.78, 5) is 11.6. The second-order valence-electron chi connectivity index (χ2n) is 6.79. The number of aliphatic hydroxyl groups excluding tert-OH is 5. The molecule has 0 bridgehead atoms. The second kappa shape index (κ2) is 10.2. The number of methoxy groups -OCH3 is 1. The summed E-state index contributed by atoms with van der Waals surface area (Å²) in [7, 11) is 2.83. The van der Waals surface area contributed by atoms with Gasteiger partial charge in [0.05, 0.1) is 13.2 Å². The summed E-state index contributed by atoms with van der Waals surface area (Å²) in [6.45, 7) is 0.180. The van der Waals surface area contributed by atoms with Crippen molar-refractivity contribution in [2.24, 2.45) is 0 Å². The highest BCUT2D eigenvalue weighted by Crippen LogP contribution is 2.29. The maximum absolute atomic E-state index is 11.6. The third-order valence-corrected chi connectivity index (χ3v) is 4.94. The Labute approximate surface area is 162 Å². The van der Waals surface area contributed by atoms with Crippen LogP contribution < -0.4 is 10.6 Å². The summed E-state index contributed by atoms with van der Waals surface area (Å²) in [6.07, 6.45) is -10.6. The number of carbonyl (C=O) groups excluding carboxylic acids is 1. The van der Waals surface area contributed by atoms with Gasteiger partial charge in [-0.3, -0.25) is 10.1 Å². The third-order valence-electron chi connectivity index (χ3n) is 4.94. The first kappa shape index (κ1) is 23.3. The lowest BCUT2D eigenvalue weighted by Gasteiger charge is -2.47. The number of amides is 1. The second-order valence-corrected chi connectivity index (χ2v) is 6.79. The average Bonchev–Trinajstić information content (AvgIpc) is 2.67. The molecule has 10 atom stereocenters. The van der Waals surface area contributed by atoms with Crippen molar-refractivity contribution in [1.82, 2.24) is 10.6 Å². The number of rotatable bonds is 7. The molecule has 1 amide bonds. The van der Waals surface area contributed by atoms with E-state index in [1.165, 1.54) is 21.1 Å². The van der Waals surface area contributed by atoms with Gasteiger partial charge in [0.2, 0.25) is 5.91 Å². The largest absolute Gasteiger partial charge is 0.394 e. The first-order valence-corrected chi connectivity index (χ1v) is 8.98. The van der Waals surface area contributed by atoms with E-state index in [0.717, 1.165) is 0 Å². The van der Waals surface area contributed by atoms with Crippen LogP contribution in [0, 0.1) is 0 Å². The SMILES string of the molecule is CNC1OC(CO)C(OC2OC(CO)C(O)C(OC)C2NC(C)=O)C(O)C1O. The van der Waals surface area contributed by atoms with Crippen molar-refractivity contribution in [3.05, 3.63) is 0 Å². The Morgan fingerprint density at radius 1 is 1.00 bits per heavy atom. The molecule has 0 aliphatic carbocycles. The van der Waals surface area contributed by atoms with Gasteiger partial charge in [-0.25, -0.2) is 0 Å². The first-order chi connectivity index (χ1) is 13.3. The van der Waals surface area contributed by atoms with Crippen molar-refractivity contribution in [1.29, 1.82) is 0 Å². The molecule has 2 heterocycles. The molecule has 0 radical (unpaired) electrons. The predicted molar refractivity (Wildman–Crippen MR) is 91.8 cm³/mol. The number of ether oxygens (including phenoxy) is 4. The lowest BCUT2D eigenvalue weighted by Crippen LogP contribution is -2.68. The normalized spacial score (nSPS) is 44.3. The van der Waals surface area contributed by atoms with E-state index in [-0.39, 0.29) is 0 Å². The van der Waals surface area contributed by atoms with Crippen LogP contribution in [0.2, 0.25) is 0 Å². The fourth-order valence-electron chi connectivity index (χ4n) is 3.50. The zero-order valence-corrected chi connectivity index (χ0v) is 16.0. The standard InChI is InChI=1S/C16H30N2O10/c1-6(21)18-9-14(25-3)10(22)7(4-19)27-16(9)28-13-8(5-20)26-15(17-2)12(24)11(13)23/h7-17,19-20,22-24H,4-5H2,1-3H3,(H,18,21). The Kier molecular flexibility index (Phi) is 8.51. The van der Waals surface area contributed by atoms with Crippen LogP contribution in [0.25, 0.3) is 0 Å². The topological polar surface area (TPSA) is 179 Å². The van der Waals surface area contributed by atoms with Gasteiger partial charge >= 0.3 is 0 Å². The zero-order chi connectivity index (χ0) is 21.0. The molecule has 10 unspecified atom stereocenters. The lowest BCUT2D eigenvalue weighted by atomic mass is 9.95. The summed E-state index contributed by atoms with van der Waals surface area (Å²) < 4.78 is 22.1. The summed E-state index contributed by atoms with van der Waals surface area (Å²) >= 11 is 0. The van der Waals surface area contributed by atoms with E-state index in [0.29, 0.717) is 0 Å². The zero-order valence-electron chi connectivity index (χ0n) is 16.0. The Morgan fingerprint density at radius 3 is 2.14 bits per heavy atom. The van der Waals surface area contributed by atoms with Gasteiger partial charge in [-0.2, -0.15) is 0 Å². The van der Waals surface area contributed by atoms with Crippen molar-refractivity contribution in [3.63, 3.8) is 0 Å². The molecule has 2 aliphatic heterocycles. The monoisotopic (exact) mass is 410 g/mol. The van der Waals surface area contributed by atoms with Crippen LogP contribution in [-0.2, 0) is 23.7 Å². The maximum Gasteiger partial charge on any atom is 0.217 e. The molecule has 2 fully saturated rings. The minimum Gasteiger partial charge on any atom is -0.394 e. The highest BCUT2D eigenvalue weighted by Gasteiger charge is 2.51. The van der Waals surface area contributed by atoms with Crippen molar-refractivity contribution >= 4 is 5.91 Å². The Hall–Kier alpha value is -0.930. The highest BCUT2D eigenvalue weighted by molar-refractivity contribution is 5.73. The van der Waals surface area contributed by atoms with Crippen LogP contribution in [0.15, 0.2) is 0 Å². The van der Waals surface area contributed by atoms with E-state index >= 15 is 0 Å². The number of hydrogen-bond donors (Lipinski definition) is 7. The van der Waals surface area contributed by atoms with Crippen LogP contribution in [0.3, 0.4) is 0 Å². The van der Waals surface area contributed by atoms with Crippen LogP contribution in [0.5, 0.6) is 0 Å². The average molecular weight is 410 g/mol. The van der Waals surface area contributed by atoms with Gasteiger partial charge in [-0.15, -0.1) is 0 Å². The van der Waals surface area contributed by atoms with Gasteiger partial charge < -0.3 is 49.8 Å². The minimum absolute atomic E-state index is 0.451. The molecule has 28 heavy (non-hydrogen) atoms. The van der Waals surface area contributed by atoms with Crippen molar-refractivity contribution in [2.45, 2.75) is 68.2 Å². The summed E-state index contributed by atoms with van der Waals surface area (Å²) in [5, 5.41) is 55.3. The molecule has 2 saturated heterocycles. The fourth-order valence-corrected chi connectivity index (χ4v) is 3.50. The molecule has 0 aromatic rings. The first-order valence-electron chi connectivity index (χ1n) is 8.98. The molecule has 7 N–H and O–H groups in total. The van der Waals surface area contributed by atoms with Crippen molar-refractivity contribution in [3.8, 4) is 0 Å². The molecular weight excluding hydrogens is 380 g/mol.